The molecule has 0 aliphatic heterocycles. The zero-order valence-corrected chi connectivity index (χ0v) is 13.8. The lowest BCUT2D eigenvalue weighted by Gasteiger charge is -2.19. The smallest absolute Gasteiger partial charge is 0.323 e. The second-order valence-electron chi connectivity index (χ2n) is 6.76. The van der Waals surface area contributed by atoms with E-state index in [9.17, 15) is 9.90 Å². The Hall–Kier alpha value is -2.34. The summed E-state index contributed by atoms with van der Waals surface area (Å²) < 4.78 is 5.27. The van der Waals surface area contributed by atoms with Gasteiger partial charge in [0.05, 0.1) is 22.8 Å². The molecule has 6 nitrogen and oxygen atoms in total. The Morgan fingerprint density at radius 2 is 2.00 bits per heavy atom. The highest BCUT2D eigenvalue weighted by Crippen LogP contribution is 2.39. The third-order valence-electron chi connectivity index (χ3n) is 5.14. The molecule has 1 saturated carbocycles. The van der Waals surface area contributed by atoms with Gasteiger partial charge < -0.3 is 19.6 Å². The van der Waals surface area contributed by atoms with Crippen LogP contribution in [0.4, 0.5) is 0 Å². The summed E-state index contributed by atoms with van der Waals surface area (Å²) in [7, 11) is 0. The van der Waals surface area contributed by atoms with Crippen LogP contribution in [0.2, 0.25) is 0 Å². The number of aromatic nitrogens is 3. The van der Waals surface area contributed by atoms with Gasteiger partial charge in [-0.2, -0.15) is 0 Å². The van der Waals surface area contributed by atoms with E-state index in [1.165, 1.54) is 0 Å². The molecule has 24 heavy (non-hydrogen) atoms. The number of rotatable bonds is 3. The first-order valence-corrected chi connectivity index (χ1v) is 8.42. The molecule has 0 bridgehead atoms. The summed E-state index contributed by atoms with van der Waals surface area (Å²) in [6.45, 7) is 3.76. The van der Waals surface area contributed by atoms with E-state index in [1.807, 2.05) is 26.0 Å². The van der Waals surface area contributed by atoms with Crippen LogP contribution in [-0.2, 0) is 0 Å². The van der Waals surface area contributed by atoms with Gasteiger partial charge in [-0.25, -0.2) is 4.79 Å². The molecule has 2 heterocycles. The SMILES string of the molecule is Cc1noc(C)c1-c1cc(C(O)C2CCCC2)c2[nH]c(=O)[nH]c2c1. The van der Waals surface area contributed by atoms with Gasteiger partial charge in [-0.15, -0.1) is 0 Å². The van der Waals surface area contributed by atoms with E-state index in [2.05, 4.69) is 15.1 Å². The summed E-state index contributed by atoms with van der Waals surface area (Å²) in [5, 5.41) is 14.9. The summed E-state index contributed by atoms with van der Waals surface area (Å²) in [5.74, 6) is 0.970. The van der Waals surface area contributed by atoms with Crippen molar-refractivity contribution in [3.8, 4) is 11.1 Å². The van der Waals surface area contributed by atoms with E-state index < -0.39 is 6.10 Å². The van der Waals surface area contributed by atoms with Crippen molar-refractivity contribution in [3.63, 3.8) is 0 Å². The van der Waals surface area contributed by atoms with E-state index >= 15 is 0 Å². The summed E-state index contributed by atoms with van der Waals surface area (Å²) in [6.07, 6.45) is 3.76. The van der Waals surface area contributed by atoms with E-state index in [4.69, 9.17) is 4.52 Å². The fourth-order valence-electron chi connectivity index (χ4n) is 3.97. The van der Waals surface area contributed by atoms with Gasteiger partial charge in [0.25, 0.3) is 0 Å². The molecule has 6 heteroatoms. The van der Waals surface area contributed by atoms with Crippen LogP contribution >= 0.6 is 0 Å². The standard InChI is InChI=1S/C18H21N3O3/c1-9-15(10(2)24-21-9)12-7-13(17(22)11-5-3-4-6-11)16-14(8-12)19-18(23)20-16/h7-8,11,17,22H,3-6H2,1-2H3,(H2,19,20,23). The van der Waals surface area contributed by atoms with E-state index in [0.717, 1.165) is 53.8 Å². The van der Waals surface area contributed by atoms with Gasteiger partial charge in [0.2, 0.25) is 0 Å². The second kappa shape index (κ2) is 5.63. The molecule has 4 rings (SSSR count). The molecule has 1 atom stereocenters. The molecule has 0 saturated heterocycles. The third-order valence-corrected chi connectivity index (χ3v) is 5.14. The van der Waals surface area contributed by atoms with Gasteiger partial charge in [0, 0.05) is 11.1 Å². The van der Waals surface area contributed by atoms with Crippen LogP contribution in [0.1, 0.15) is 48.8 Å². The van der Waals surface area contributed by atoms with Gasteiger partial charge in [0.1, 0.15) is 5.76 Å². The zero-order valence-electron chi connectivity index (χ0n) is 13.8. The van der Waals surface area contributed by atoms with Crippen molar-refractivity contribution in [3.05, 3.63) is 39.6 Å². The predicted octanol–water partition coefficient (Wildman–Crippen LogP) is 3.35. The number of aryl methyl sites for hydroxylation is 2. The minimum absolute atomic E-state index is 0.242. The summed E-state index contributed by atoms with van der Waals surface area (Å²) in [4.78, 5) is 17.4. The van der Waals surface area contributed by atoms with Crippen molar-refractivity contribution < 1.29 is 9.63 Å². The molecule has 0 amide bonds. The second-order valence-corrected chi connectivity index (χ2v) is 6.76. The molecule has 1 fully saturated rings. The monoisotopic (exact) mass is 327 g/mol. The van der Waals surface area contributed by atoms with Crippen LogP contribution in [0, 0.1) is 19.8 Å². The number of fused-ring (bicyclic) bond motifs is 1. The number of hydrogen-bond donors (Lipinski definition) is 3. The molecule has 1 aliphatic carbocycles. The Morgan fingerprint density at radius 1 is 1.25 bits per heavy atom. The van der Waals surface area contributed by atoms with Crippen molar-refractivity contribution in [2.45, 2.75) is 45.6 Å². The van der Waals surface area contributed by atoms with Crippen LogP contribution in [-0.4, -0.2) is 20.2 Å². The first kappa shape index (κ1) is 15.2. The molecule has 126 valence electrons. The summed E-state index contributed by atoms with van der Waals surface area (Å²) in [5.41, 5.74) is 4.51. The molecule has 1 aliphatic rings. The van der Waals surface area contributed by atoms with E-state index in [0.29, 0.717) is 11.0 Å². The minimum atomic E-state index is -0.582. The average Bonchev–Trinajstić information content (AvgIpc) is 3.25. The highest BCUT2D eigenvalue weighted by Gasteiger charge is 2.27. The molecule has 1 unspecified atom stereocenters. The lowest BCUT2D eigenvalue weighted by Crippen LogP contribution is -2.10. The lowest BCUT2D eigenvalue weighted by molar-refractivity contribution is 0.113. The highest BCUT2D eigenvalue weighted by molar-refractivity contribution is 5.86. The Morgan fingerprint density at radius 3 is 2.67 bits per heavy atom. The van der Waals surface area contributed by atoms with Crippen molar-refractivity contribution >= 4 is 11.0 Å². The topological polar surface area (TPSA) is 94.9 Å². The minimum Gasteiger partial charge on any atom is -0.388 e. The molecule has 3 N–H and O–H groups in total. The first-order valence-electron chi connectivity index (χ1n) is 8.42. The van der Waals surface area contributed by atoms with Crippen LogP contribution in [0.25, 0.3) is 22.2 Å². The highest BCUT2D eigenvalue weighted by atomic mass is 16.5. The maximum Gasteiger partial charge on any atom is 0.323 e. The Kier molecular flexibility index (Phi) is 3.57. The summed E-state index contributed by atoms with van der Waals surface area (Å²) >= 11 is 0. The van der Waals surface area contributed by atoms with Crippen molar-refractivity contribution in [1.29, 1.82) is 0 Å². The number of nitrogens with zero attached hydrogens (tertiary/aromatic N) is 1. The fourth-order valence-corrected chi connectivity index (χ4v) is 3.97. The van der Waals surface area contributed by atoms with Crippen molar-refractivity contribution in [2.24, 2.45) is 5.92 Å². The largest absolute Gasteiger partial charge is 0.388 e. The van der Waals surface area contributed by atoms with Crippen LogP contribution in [0.15, 0.2) is 21.5 Å². The number of imidazole rings is 1. The van der Waals surface area contributed by atoms with Crippen LogP contribution < -0.4 is 5.69 Å². The Balaban J connectivity index is 1.92. The molecule has 3 aromatic rings. The molecular weight excluding hydrogens is 306 g/mol. The normalized spacial score (nSPS) is 17.0. The first-order chi connectivity index (χ1) is 11.5. The van der Waals surface area contributed by atoms with Crippen LogP contribution in [0.5, 0.6) is 0 Å². The molecular formula is C18H21N3O3. The predicted molar refractivity (Wildman–Crippen MR) is 90.8 cm³/mol. The van der Waals surface area contributed by atoms with E-state index in [1.54, 1.807) is 0 Å². The molecule has 2 aromatic heterocycles. The van der Waals surface area contributed by atoms with Gasteiger partial charge in [-0.1, -0.05) is 18.0 Å². The molecule has 1 aromatic carbocycles. The Bertz CT molecular complexity index is 925. The fraction of sp³-hybridized carbons (Fsp3) is 0.444. The number of nitrogens with one attached hydrogen (secondary N) is 2. The van der Waals surface area contributed by atoms with Crippen molar-refractivity contribution in [2.75, 3.05) is 0 Å². The Labute approximate surface area is 138 Å². The number of aliphatic hydroxyl groups is 1. The zero-order chi connectivity index (χ0) is 16.8. The number of benzene rings is 1. The van der Waals surface area contributed by atoms with Gasteiger partial charge in [-0.05, 0) is 50.3 Å². The molecule has 0 spiro atoms. The lowest BCUT2D eigenvalue weighted by atomic mass is 9.91. The molecule has 0 radical (unpaired) electrons. The number of H-pyrrole nitrogens is 2. The number of aliphatic hydroxyl groups excluding tert-OH is 1. The summed E-state index contributed by atoms with van der Waals surface area (Å²) in [6, 6.07) is 3.87. The van der Waals surface area contributed by atoms with E-state index in [-0.39, 0.29) is 11.6 Å². The van der Waals surface area contributed by atoms with Gasteiger partial charge >= 0.3 is 5.69 Å². The van der Waals surface area contributed by atoms with Crippen LogP contribution in [0.3, 0.4) is 0 Å². The van der Waals surface area contributed by atoms with Crippen molar-refractivity contribution in [1.82, 2.24) is 15.1 Å². The number of aromatic amines is 2. The van der Waals surface area contributed by atoms with Gasteiger partial charge in [-0.3, -0.25) is 0 Å². The van der Waals surface area contributed by atoms with Gasteiger partial charge in [0.15, 0.2) is 0 Å². The quantitative estimate of drug-likeness (QED) is 0.687. The average molecular weight is 327 g/mol. The number of hydrogen-bond acceptors (Lipinski definition) is 4. The maximum atomic E-state index is 11.8. The maximum absolute atomic E-state index is 11.8. The third kappa shape index (κ3) is 2.38.